The molecule has 0 aliphatic rings. The monoisotopic (exact) mass is 394 g/mol. The van der Waals surface area contributed by atoms with Crippen molar-refractivity contribution in [2.45, 2.75) is 13.0 Å². The van der Waals surface area contributed by atoms with E-state index in [1.807, 2.05) is 66.0 Å². The number of amides is 2. The van der Waals surface area contributed by atoms with Crippen LogP contribution in [0.5, 0.6) is 5.75 Å². The van der Waals surface area contributed by atoms with Gasteiger partial charge in [0.05, 0.1) is 18.5 Å². The van der Waals surface area contributed by atoms with Gasteiger partial charge in [-0.3, -0.25) is 9.59 Å². The zero-order valence-electron chi connectivity index (χ0n) is 15.6. The molecular weight excluding hydrogens is 372 g/mol. The minimum absolute atomic E-state index is 0.0551. The van der Waals surface area contributed by atoms with E-state index >= 15 is 0 Å². The summed E-state index contributed by atoms with van der Waals surface area (Å²) in [6, 6.07) is 20.8. The number of rotatable bonds is 8. The van der Waals surface area contributed by atoms with E-state index in [4.69, 9.17) is 4.74 Å². The van der Waals surface area contributed by atoms with Crippen molar-refractivity contribution in [2.24, 2.45) is 0 Å². The predicted molar refractivity (Wildman–Crippen MR) is 112 cm³/mol. The zero-order chi connectivity index (χ0) is 19.8. The van der Waals surface area contributed by atoms with Gasteiger partial charge < -0.3 is 15.0 Å². The number of nitrogens with one attached hydrogen (secondary N) is 1. The van der Waals surface area contributed by atoms with E-state index in [0.29, 0.717) is 11.4 Å². The van der Waals surface area contributed by atoms with Gasteiger partial charge in [-0.25, -0.2) is 0 Å². The van der Waals surface area contributed by atoms with Gasteiger partial charge in [0, 0.05) is 18.7 Å². The molecule has 3 rings (SSSR count). The molecule has 0 unspecified atom stereocenters. The molecule has 1 heterocycles. The molecule has 144 valence electrons. The summed E-state index contributed by atoms with van der Waals surface area (Å²) in [5.41, 5.74) is 1.83. The van der Waals surface area contributed by atoms with Gasteiger partial charge in [-0.1, -0.05) is 36.4 Å². The van der Waals surface area contributed by atoms with Gasteiger partial charge in [-0.15, -0.1) is 11.3 Å². The van der Waals surface area contributed by atoms with Crippen molar-refractivity contribution >= 4 is 28.8 Å². The van der Waals surface area contributed by atoms with Gasteiger partial charge >= 0.3 is 0 Å². The number of methoxy groups -OCH3 is 1. The number of ether oxygens (including phenoxy) is 1. The molecule has 2 aromatic carbocycles. The quantitative estimate of drug-likeness (QED) is 0.625. The van der Waals surface area contributed by atoms with Crippen molar-refractivity contribution in [3.8, 4) is 5.75 Å². The van der Waals surface area contributed by atoms with Crippen molar-refractivity contribution in [1.82, 2.24) is 5.32 Å². The Hall–Kier alpha value is -3.12. The van der Waals surface area contributed by atoms with Crippen molar-refractivity contribution in [3.05, 3.63) is 82.6 Å². The highest BCUT2D eigenvalue weighted by Gasteiger charge is 2.17. The fourth-order valence-corrected chi connectivity index (χ4v) is 3.40. The van der Waals surface area contributed by atoms with Gasteiger partial charge in [0.15, 0.2) is 0 Å². The van der Waals surface area contributed by atoms with Gasteiger partial charge in [0.1, 0.15) is 5.75 Å². The van der Waals surface area contributed by atoms with Crippen LogP contribution in [0.25, 0.3) is 0 Å². The second-order valence-electron chi connectivity index (χ2n) is 6.15. The predicted octanol–water partition coefficient (Wildman–Crippen LogP) is 4.11. The van der Waals surface area contributed by atoms with E-state index in [0.717, 1.165) is 17.0 Å². The lowest BCUT2D eigenvalue weighted by Crippen LogP contribution is -2.34. The number of thiophene rings is 1. The summed E-state index contributed by atoms with van der Waals surface area (Å²) in [5.74, 6) is 0.529. The molecule has 0 spiro atoms. The van der Waals surface area contributed by atoms with Crippen LogP contribution in [0.2, 0.25) is 0 Å². The zero-order valence-corrected chi connectivity index (χ0v) is 16.4. The lowest BCUT2D eigenvalue weighted by Gasteiger charge is -2.23. The molecule has 2 amide bonds. The Balaban J connectivity index is 1.67. The van der Waals surface area contributed by atoms with Crippen LogP contribution >= 0.6 is 11.3 Å². The Morgan fingerprint density at radius 2 is 1.75 bits per heavy atom. The molecular formula is C22H22N2O3S. The minimum Gasteiger partial charge on any atom is -0.497 e. The first-order chi connectivity index (χ1) is 13.7. The molecule has 0 saturated heterocycles. The summed E-state index contributed by atoms with van der Waals surface area (Å²) in [4.78, 5) is 27.3. The standard InChI is InChI=1S/C22H22N2O3S/c1-27-19-11-9-18(10-12-19)24(16-17-6-3-2-4-7-17)21(25)13-14-23-22(26)20-8-5-15-28-20/h2-12,15H,13-14,16H2,1H3,(H,23,26). The van der Waals surface area contributed by atoms with E-state index < -0.39 is 0 Å². The maximum atomic E-state index is 12.9. The summed E-state index contributed by atoms with van der Waals surface area (Å²) in [5, 5.41) is 4.66. The van der Waals surface area contributed by atoms with Crippen LogP contribution in [0.4, 0.5) is 5.69 Å². The molecule has 5 nitrogen and oxygen atoms in total. The molecule has 0 aliphatic heterocycles. The first-order valence-corrected chi connectivity index (χ1v) is 9.85. The Kier molecular flexibility index (Phi) is 6.81. The maximum absolute atomic E-state index is 12.9. The molecule has 0 fully saturated rings. The number of hydrogen-bond acceptors (Lipinski definition) is 4. The minimum atomic E-state index is -0.151. The van der Waals surface area contributed by atoms with Gasteiger partial charge in [0.2, 0.25) is 5.91 Å². The number of hydrogen-bond donors (Lipinski definition) is 1. The van der Waals surface area contributed by atoms with Crippen LogP contribution in [0.3, 0.4) is 0 Å². The number of carbonyl (C=O) groups is 2. The normalized spacial score (nSPS) is 10.3. The highest BCUT2D eigenvalue weighted by atomic mass is 32.1. The van der Waals surface area contributed by atoms with E-state index in [1.165, 1.54) is 11.3 Å². The second kappa shape index (κ2) is 9.71. The largest absolute Gasteiger partial charge is 0.497 e. The number of nitrogens with zero attached hydrogens (tertiary/aromatic N) is 1. The molecule has 6 heteroatoms. The lowest BCUT2D eigenvalue weighted by molar-refractivity contribution is -0.118. The molecule has 3 aromatic rings. The SMILES string of the molecule is COc1ccc(N(Cc2ccccc2)C(=O)CCNC(=O)c2cccs2)cc1. The highest BCUT2D eigenvalue weighted by Crippen LogP contribution is 2.22. The van der Waals surface area contributed by atoms with Gasteiger partial charge in [0.25, 0.3) is 5.91 Å². The van der Waals surface area contributed by atoms with Crippen molar-refractivity contribution in [2.75, 3.05) is 18.6 Å². The molecule has 0 aliphatic carbocycles. The average Bonchev–Trinajstić information content (AvgIpc) is 3.28. The number of anilines is 1. The number of carbonyl (C=O) groups excluding carboxylic acids is 2. The Morgan fingerprint density at radius 1 is 1.00 bits per heavy atom. The number of benzene rings is 2. The molecule has 1 aromatic heterocycles. The molecule has 0 radical (unpaired) electrons. The molecule has 0 bridgehead atoms. The maximum Gasteiger partial charge on any atom is 0.261 e. The highest BCUT2D eigenvalue weighted by molar-refractivity contribution is 7.12. The second-order valence-corrected chi connectivity index (χ2v) is 7.09. The van der Waals surface area contributed by atoms with Gasteiger partial charge in [-0.05, 0) is 41.3 Å². The van der Waals surface area contributed by atoms with Crippen LogP contribution in [0, 0.1) is 0 Å². The summed E-state index contributed by atoms with van der Waals surface area (Å²) < 4.78 is 5.20. The average molecular weight is 394 g/mol. The molecule has 1 N–H and O–H groups in total. The van der Waals surface area contributed by atoms with Gasteiger partial charge in [-0.2, -0.15) is 0 Å². The van der Waals surface area contributed by atoms with Crippen LogP contribution in [0.1, 0.15) is 21.7 Å². The molecule has 28 heavy (non-hydrogen) atoms. The fourth-order valence-electron chi connectivity index (χ4n) is 2.76. The van der Waals surface area contributed by atoms with E-state index in [2.05, 4.69) is 5.32 Å². The Morgan fingerprint density at radius 3 is 2.39 bits per heavy atom. The first kappa shape index (κ1) is 19.6. The topological polar surface area (TPSA) is 58.6 Å². The Labute approximate surface area is 168 Å². The third kappa shape index (κ3) is 5.20. The van der Waals surface area contributed by atoms with E-state index in [9.17, 15) is 9.59 Å². The van der Waals surface area contributed by atoms with Crippen LogP contribution in [-0.2, 0) is 11.3 Å². The molecule has 0 saturated carbocycles. The summed E-state index contributed by atoms with van der Waals surface area (Å²) in [7, 11) is 1.61. The van der Waals surface area contributed by atoms with Crippen LogP contribution in [-0.4, -0.2) is 25.5 Å². The smallest absolute Gasteiger partial charge is 0.261 e. The first-order valence-electron chi connectivity index (χ1n) is 8.97. The van der Waals surface area contributed by atoms with Crippen LogP contribution in [0.15, 0.2) is 72.1 Å². The summed E-state index contributed by atoms with van der Waals surface area (Å²) >= 11 is 1.38. The fraction of sp³-hybridized carbons (Fsp3) is 0.182. The third-order valence-electron chi connectivity index (χ3n) is 4.24. The lowest BCUT2D eigenvalue weighted by atomic mass is 10.1. The van der Waals surface area contributed by atoms with Crippen LogP contribution < -0.4 is 15.0 Å². The summed E-state index contributed by atoms with van der Waals surface area (Å²) in [6.07, 6.45) is 0.218. The van der Waals surface area contributed by atoms with E-state index in [-0.39, 0.29) is 24.8 Å². The van der Waals surface area contributed by atoms with Crippen molar-refractivity contribution in [1.29, 1.82) is 0 Å². The Bertz CT molecular complexity index is 893. The van der Waals surface area contributed by atoms with Crippen molar-refractivity contribution < 1.29 is 14.3 Å². The molecule has 0 atom stereocenters. The van der Waals surface area contributed by atoms with E-state index in [1.54, 1.807) is 18.1 Å². The third-order valence-corrected chi connectivity index (χ3v) is 5.11. The summed E-state index contributed by atoms with van der Waals surface area (Å²) in [6.45, 7) is 0.752. The van der Waals surface area contributed by atoms with Crippen molar-refractivity contribution in [3.63, 3.8) is 0 Å².